The Balaban J connectivity index is 2.77. The monoisotopic (exact) mass is 278 g/mol. The van der Waals surface area contributed by atoms with E-state index >= 15 is 0 Å². The van der Waals surface area contributed by atoms with Crippen LogP contribution in [0.4, 0.5) is 5.69 Å². The molecular weight excluding hydrogens is 256 g/mol. The summed E-state index contributed by atoms with van der Waals surface area (Å²) in [7, 11) is 0. The van der Waals surface area contributed by atoms with Crippen LogP contribution < -0.4 is 15.8 Å². The molecular formula is C15H22N2O3. The lowest BCUT2D eigenvalue weighted by atomic mass is 10.1. The molecule has 5 heteroatoms. The van der Waals surface area contributed by atoms with Gasteiger partial charge in [-0.2, -0.15) is 0 Å². The molecule has 0 aliphatic rings. The second kappa shape index (κ2) is 6.93. The van der Waals surface area contributed by atoms with Gasteiger partial charge in [0.2, 0.25) is 0 Å². The van der Waals surface area contributed by atoms with Crippen molar-refractivity contribution in [1.82, 2.24) is 5.32 Å². The van der Waals surface area contributed by atoms with E-state index in [0.717, 1.165) is 0 Å². The average Bonchev–Trinajstić information content (AvgIpc) is 2.37. The van der Waals surface area contributed by atoms with E-state index in [2.05, 4.69) is 5.32 Å². The van der Waals surface area contributed by atoms with Crippen molar-refractivity contribution in [1.29, 1.82) is 0 Å². The highest BCUT2D eigenvalue weighted by Gasteiger charge is 2.17. The minimum atomic E-state index is -0.671. The number of nitrogen functional groups attached to an aromatic ring is 1. The number of nitrogens with one attached hydrogen (secondary N) is 1. The van der Waals surface area contributed by atoms with Gasteiger partial charge in [0.25, 0.3) is 5.91 Å². The van der Waals surface area contributed by atoms with Crippen molar-refractivity contribution in [3.05, 3.63) is 23.8 Å². The molecule has 1 rings (SSSR count). The summed E-state index contributed by atoms with van der Waals surface area (Å²) in [6.45, 7) is 7.70. The highest BCUT2D eigenvalue weighted by atomic mass is 16.5. The van der Waals surface area contributed by atoms with Crippen molar-refractivity contribution in [2.45, 2.75) is 33.8 Å². The number of carbonyl (C=O) groups is 2. The van der Waals surface area contributed by atoms with Gasteiger partial charge in [-0.05, 0) is 38.0 Å². The van der Waals surface area contributed by atoms with Gasteiger partial charge in [0.15, 0.2) is 11.9 Å². The smallest absolute Gasteiger partial charge is 0.260 e. The van der Waals surface area contributed by atoms with Gasteiger partial charge in [-0.3, -0.25) is 9.59 Å². The highest BCUT2D eigenvalue weighted by molar-refractivity contribution is 5.97. The molecule has 1 aromatic rings. The Morgan fingerprint density at radius 1 is 1.30 bits per heavy atom. The fourth-order valence-corrected chi connectivity index (χ4v) is 1.62. The second-order valence-corrected chi connectivity index (χ2v) is 5.21. The Labute approximate surface area is 119 Å². The van der Waals surface area contributed by atoms with E-state index in [4.69, 9.17) is 10.5 Å². The van der Waals surface area contributed by atoms with Crippen LogP contribution in [0.3, 0.4) is 0 Å². The van der Waals surface area contributed by atoms with Crippen LogP contribution in [-0.4, -0.2) is 24.3 Å². The van der Waals surface area contributed by atoms with E-state index in [1.165, 1.54) is 6.92 Å². The van der Waals surface area contributed by atoms with E-state index in [1.54, 1.807) is 25.1 Å². The third-order valence-corrected chi connectivity index (χ3v) is 2.74. The normalized spacial score (nSPS) is 12.1. The molecule has 0 aliphatic heterocycles. The van der Waals surface area contributed by atoms with Crippen molar-refractivity contribution in [3.63, 3.8) is 0 Å². The largest absolute Gasteiger partial charge is 0.480 e. The maximum atomic E-state index is 11.9. The fourth-order valence-electron chi connectivity index (χ4n) is 1.62. The van der Waals surface area contributed by atoms with Crippen LogP contribution in [0, 0.1) is 5.92 Å². The topological polar surface area (TPSA) is 81.4 Å². The summed E-state index contributed by atoms with van der Waals surface area (Å²) in [6, 6.07) is 4.80. The van der Waals surface area contributed by atoms with E-state index < -0.39 is 6.10 Å². The maximum Gasteiger partial charge on any atom is 0.260 e. The molecule has 5 nitrogen and oxygen atoms in total. The molecule has 0 saturated carbocycles. The summed E-state index contributed by atoms with van der Waals surface area (Å²) < 4.78 is 5.57. The number of anilines is 1. The lowest BCUT2D eigenvalue weighted by Crippen LogP contribution is -2.38. The molecule has 1 unspecified atom stereocenters. The summed E-state index contributed by atoms with van der Waals surface area (Å²) in [5.74, 6) is 0.390. The number of benzene rings is 1. The van der Waals surface area contributed by atoms with Gasteiger partial charge in [0.05, 0.1) is 5.56 Å². The van der Waals surface area contributed by atoms with Gasteiger partial charge in [0.1, 0.15) is 5.75 Å². The first-order chi connectivity index (χ1) is 9.31. The Morgan fingerprint density at radius 3 is 2.50 bits per heavy atom. The van der Waals surface area contributed by atoms with Crippen molar-refractivity contribution < 1.29 is 14.3 Å². The Hall–Kier alpha value is -2.04. The van der Waals surface area contributed by atoms with Gasteiger partial charge in [-0.25, -0.2) is 0 Å². The zero-order valence-corrected chi connectivity index (χ0v) is 12.4. The van der Waals surface area contributed by atoms with Gasteiger partial charge in [-0.1, -0.05) is 13.8 Å². The summed E-state index contributed by atoms with van der Waals surface area (Å²) in [6.07, 6.45) is -0.671. The van der Waals surface area contributed by atoms with E-state index in [9.17, 15) is 9.59 Å². The average molecular weight is 278 g/mol. The number of rotatable bonds is 6. The maximum absolute atomic E-state index is 11.9. The number of ketones is 1. The molecule has 0 radical (unpaired) electrons. The van der Waals surface area contributed by atoms with E-state index in [1.807, 2.05) is 13.8 Å². The summed E-state index contributed by atoms with van der Waals surface area (Å²) in [5, 5.41) is 2.79. The molecule has 110 valence electrons. The third-order valence-electron chi connectivity index (χ3n) is 2.74. The Bertz CT molecular complexity index is 498. The number of hydrogen-bond acceptors (Lipinski definition) is 4. The number of ether oxygens (including phenoxy) is 1. The van der Waals surface area contributed by atoms with Crippen LogP contribution in [0.15, 0.2) is 18.2 Å². The van der Waals surface area contributed by atoms with Crippen molar-refractivity contribution in [2.24, 2.45) is 5.92 Å². The second-order valence-electron chi connectivity index (χ2n) is 5.21. The predicted molar refractivity (Wildman–Crippen MR) is 78.8 cm³/mol. The summed E-state index contributed by atoms with van der Waals surface area (Å²) in [4.78, 5) is 23.4. The Kier molecular flexibility index (Phi) is 5.55. The van der Waals surface area contributed by atoms with Crippen LogP contribution in [0.5, 0.6) is 5.75 Å². The minimum Gasteiger partial charge on any atom is -0.480 e. The minimum absolute atomic E-state index is 0.151. The molecule has 0 bridgehead atoms. The number of Topliss-reactive ketones (excluding diaryl/α,β-unsaturated/α-hetero) is 1. The van der Waals surface area contributed by atoms with Crippen LogP contribution in [0.1, 0.15) is 38.1 Å². The van der Waals surface area contributed by atoms with Gasteiger partial charge < -0.3 is 15.8 Å². The first kappa shape index (κ1) is 16.0. The van der Waals surface area contributed by atoms with Crippen LogP contribution >= 0.6 is 0 Å². The van der Waals surface area contributed by atoms with Crippen molar-refractivity contribution in [2.75, 3.05) is 12.3 Å². The number of carbonyl (C=O) groups excluding carboxylic acids is 2. The zero-order chi connectivity index (χ0) is 15.3. The quantitative estimate of drug-likeness (QED) is 0.616. The molecule has 1 amide bonds. The fraction of sp³-hybridized carbons (Fsp3) is 0.467. The molecule has 1 atom stereocenters. The first-order valence-corrected chi connectivity index (χ1v) is 6.66. The first-order valence-electron chi connectivity index (χ1n) is 6.66. The van der Waals surface area contributed by atoms with Crippen molar-refractivity contribution in [3.8, 4) is 5.75 Å². The van der Waals surface area contributed by atoms with Gasteiger partial charge >= 0.3 is 0 Å². The van der Waals surface area contributed by atoms with Crippen LogP contribution in [-0.2, 0) is 4.79 Å². The van der Waals surface area contributed by atoms with Crippen LogP contribution in [0.2, 0.25) is 0 Å². The van der Waals surface area contributed by atoms with Crippen LogP contribution in [0.25, 0.3) is 0 Å². The molecule has 0 spiro atoms. The zero-order valence-electron chi connectivity index (χ0n) is 12.4. The SMILES string of the molecule is CC(=O)c1cc(N)ccc1OC(C)C(=O)NCC(C)C. The number of nitrogens with two attached hydrogens (primary N) is 1. The van der Waals surface area contributed by atoms with E-state index in [-0.39, 0.29) is 11.7 Å². The van der Waals surface area contributed by atoms with E-state index in [0.29, 0.717) is 29.5 Å². The summed E-state index contributed by atoms with van der Waals surface area (Å²) in [5.41, 5.74) is 6.52. The molecule has 0 saturated heterocycles. The standard InChI is InChI=1S/C15H22N2O3/c1-9(2)8-17-15(19)11(4)20-14-6-5-12(16)7-13(14)10(3)18/h5-7,9,11H,8,16H2,1-4H3,(H,17,19). The van der Waals surface area contributed by atoms with Crippen molar-refractivity contribution >= 4 is 17.4 Å². The lowest BCUT2D eigenvalue weighted by molar-refractivity contribution is -0.127. The predicted octanol–water partition coefficient (Wildman–Crippen LogP) is 2.01. The molecule has 3 N–H and O–H groups in total. The molecule has 0 aliphatic carbocycles. The molecule has 0 aromatic heterocycles. The van der Waals surface area contributed by atoms with Gasteiger partial charge in [-0.15, -0.1) is 0 Å². The molecule has 0 fully saturated rings. The number of amides is 1. The molecule has 20 heavy (non-hydrogen) atoms. The van der Waals surface area contributed by atoms with Gasteiger partial charge in [0, 0.05) is 12.2 Å². The lowest BCUT2D eigenvalue weighted by Gasteiger charge is -2.17. The number of hydrogen-bond donors (Lipinski definition) is 2. The Morgan fingerprint density at radius 2 is 1.95 bits per heavy atom. The summed E-state index contributed by atoms with van der Waals surface area (Å²) >= 11 is 0. The highest BCUT2D eigenvalue weighted by Crippen LogP contribution is 2.23. The molecule has 1 aromatic carbocycles. The third kappa shape index (κ3) is 4.57. The molecule has 0 heterocycles.